The first-order valence-corrected chi connectivity index (χ1v) is 5.55. The van der Waals surface area contributed by atoms with Crippen LogP contribution < -0.4 is 4.74 Å². The minimum atomic E-state index is 0.417. The van der Waals surface area contributed by atoms with E-state index in [1.807, 2.05) is 42.5 Å². The van der Waals surface area contributed by atoms with E-state index in [2.05, 4.69) is 18.2 Å². The second kappa shape index (κ2) is 5.72. The monoisotopic (exact) mass is 223 g/mol. The highest BCUT2D eigenvalue weighted by atomic mass is 16.5. The predicted octanol–water partition coefficient (Wildman–Crippen LogP) is 3.65. The SMILES string of the molecule is N#CCCOc1ccc(-c2ccccc2)cc1. The average molecular weight is 223 g/mol. The largest absolute Gasteiger partial charge is 0.493 e. The molecule has 0 fully saturated rings. The summed E-state index contributed by atoms with van der Waals surface area (Å²) in [5.41, 5.74) is 2.36. The van der Waals surface area contributed by atoms with Crippen LogP contribution in [0.4, 0.5) is 0 Å². The molecule has 17 heavy (non-hydrogen) atoms. The molecule has 0 aliphatic carbocycles. The van der Waals surface area contributed by atoms with Crippen molar-refractivity contribution in [1.82, 2.24) is 0 Å². The molecule has 0 saturated heterocycles. The van der Waals surface area contributed by atoms with Gasteiger partial charge < -0.3 is 4.74 Å². The minimum Gasteiger partial charge on any atom is -0.493 e. The standard InChI is InChI=1S/C15H13NO/c16-11-4-12-17-15-9-7-14(8-10-15)13-5-2-1-3-6-13/h1-3,5-10H,4,12H2. The summed E-state index contributed by atoms with van der Waals surface area (Å²) in [6, 6.07) is 20.2. The molecule has 2 nitrogen and oxygen atoms in total. The Labute approximate surface area is 101 Å². The van der Waals surface area contributed by atoms with Gasteiger partial charge in [0.2, 0.25) is 0 Å². The fourth-order valence-corrected chi connectivity index (χ4v) is 1.59. The Morgan fingerprint density at radius 3 is 2.18 bits per heavy atom. The highest BCUT2D eigenvalue weighted by Gasteiger charge is 1.97. The lowest BCUT2D eigenvalue weighted by Gasteiger charge is -2.05. The maximum absolute atomic E-state index is 8.41. The predicted molar refractivity (Wildman–Crippen MR) is 67.6 cm³/mol. The van der Waals surface area contributed by atoms with E-state index in [0.717, 1.165) is 5.75 Å². The quantitative estimate of drug-likeness (QED) is 0.741. The van der Waals surface area contributed by atoms with E-state index in [0.29, 0.717) is 13.0 Å². The van der Waals surface area contributed by atoms with Crippen molar-refractivity contribution in [1.29, 1.82) is 5.26 Å². The molecule has 84 valence electrons. The number of benzene rings is 2. The summed E-state index contributed by atoms with van der Waals surface area (Å²) in [5, 5.41) is 8.41. The molecule has 2 aromatic carbocycles. The van der Waals surface area contributed by atoms with Gasteiger partial charge in [-0.1, -0.05) is 42.5 Å². The van der Waals surface area contributed by atoms with Crippen LogP contribution in [0.1, 0.15) is 6.42 Å². The minimum absolute atomic E-state index is 0.417. The van der Waals surface area contributed by atoms with Crippen LogP contribution in [0.2, 0.25) is 0 Å². The lowest BCUT2D eigenvalue weighted by Crippen LogP contribution is -1.95. The average Bonchev–Trinajstić information content (AvgIpc) is 2.41. The summed E-state index contributed by atoms with van der Waals surface area (Å²) in [7, 11) is 0. The molecule has 2 heteroatoms. The van der Waals surface area contributed by atoms with Gasteiger partial charge in [-0.25, -0.2) is 0 Å². The first kappa shape index (κ1) is 11.2. The number of nitriles is 1. The summed E-state index contributed by atoms with van der Waals surface area (Å²) in [6.07, 6.45) is 0.417. The van der Waals surface area contributed by atoms with Gasteiger partial charge in [0.25, 0.3) is 0 Å². The Hall–Kier alpha value is -2.27. The molecule has 0 heterocycles. The molecule has 0 aliphatic heterocycles. The number of hydrogen-bond acceptors (Lipinski definition) is 2. The lowest BCUT2D eigenvalue weighted by molar-refractivity contribution is 0.326. The third-order valence-corrected chi connectivity index (χ3v) is 2.44. The van der Waals surface area contributed by atoms with E-state index in [9.17, 15) is 0 Å². The summed E-state index contributed by atoms with van der Waals surface area (Å²) in [6.45, 7) is 0.446. The van der Waals surface area contributed by atoms with Crippen LogP contribution in [-0.4, -0.2) is 6.61 Å². The topological polar surface area (TPSA) is 33.0 Å². The van der Waals surface area contributed by atoms with Crippen LogP contribution in [0.3, 0.4) is 0 Å². The van der Waals surface area contributed by atoms with Crippen molar-refractivity contribution in [3.8, 4) is 22.9 Å². The Morgan fingerprint density at radius 2 is 1.53 bits per heavy atom. The molecule has 2 aromatic rings. The van der Waals surface area contributed by atoms with Crippen LogP contribution >= 0.6 is 0 Å². The summed E-state index contributed by atoms with van der Waals surface area (Å²) < 4.78 is 5.41. The number of hydrogen-bond donors (Lipinski definition) is 0. The highest BCUT2D eigenvalue weighted by Crippen LogP contribution is 2.21. The molecule has 0 radical (unpaired) electrons. The highest BCUT2D eigenvalue weighted by molar-refractivity contribution is 5.63. The van der Waals surface area contributed by atoms with Gasteiger partial charge in [-0.15, -0.1) is 0 Å². The Kier molecular flexibility index (Phi) is 3.77. The number of rotatable bonds is 4. The van der Waals surface area contributed by atoms with Gasteiger partial charge in [0.1, 0.15) is 12.4 Å². The third kappa shape index (κ3) is 3.09. The van der Waals surface area contributed by atoms with Gasteiger partial charge >= 0.3 is 0 Å². The summed E-state index contributed by atoms with van der Waals surface area (Å²) >= 11 is 0. The third-order valence-electron chi connectivity index (χ3n) is 2.44. The van der Waals surface area contributed by atoms with Gasteiger partial charge in [0.05, 0.1) is 12.5 Å². The van der Waals surface area contributed by atoms with Crippen molar-refractivity contribution in [2.24, 2.45) is 0 Å². The van der Waals surface area contributed by atoms with Gasteiger partial charge in [-0.2, -0.15) is 5.26 Å². The van der Waals surface area contributed by atoms with Gasteiger partial charge in [-0.3, -0.25) is 0 Å². The molecule has 0 aliphatic rings. The molecule has 0 amide bonds. The van der Waals surface area contributed by atoms with Gasteiger partial charge in [-0.05, 0) is 23.3 Å². The molecule has 0 N–H and O–H groups in total. The molecule has 0 spiro atoms. The fraction of sp³-hybridized carbons (Fsp3) is 0.133. The summed E-state index contributed by atoms with van der Waals surface area (Å²) in [4.78, 5) is 0. The smallest absolute Gasteiger partial charge is 0.119 e. The number of nitrogens with zero attached hydrogens (tertiary/aromatic N) is 1. The van der Waals surface area contributed by atoms with Crippen molar-refractivity contribution in [2.45, 2.75) is 6.42 Å². The van der Waals surface area contributed by atoms with Crippen LogP contribution in [0, 0.1) is 11.3 Å². The van der Waals surface area contributed by atoms with Crippen molar-refractivity contribution in [3.63, 3.8) is 0 Å². The molecule has 0 bridgehead atoms. The van der Waals surface area contributed by atoms with Crippen molar-refractivity contribution < 1.29 is 4.74 Å². The lowest BCUT2D eigenvalue weighted by atomic mass is 10.1. The molecule has 0 unspecified atom stereocenters. The maximum atomic E-state index is 8.41. The Bertz CT molecular complexity index is 497. The van der Waals surface area contributed by atoms with E-state index in [1.54, 1.807) is 0 Å². The Morgan fingerprint density at radius 1 is 0.882 bits per heavy atom. The van der Waals surface area contributed by atoms with Crippen molar-refractivity contribution >= 4 is 0 Å². The van der Waals surface area contributed by atoms with Crippen LogP contribution in [-0.2, 0) is 0 Å². The van der Waals surface area contributed by atoms with E-state index >= 15 is 0 Å². The first-order valence-electron chi connectivity index (χ1n) is 5.55. The van der Waals surface area contributed by atoms with Crippen molar-refractivity contribution in [2.75, 3.05) is 6.61 Å². The molecule has 0 aromatic heterocycles. The van der Waals surface area contributed by atoms with E-state index in [-0.39, 0.29) is 0 Å². The molecule has 2 rings (SSSR count). The zero-order valence-corrected chi connectivity index (χ0v) is 9.47. The van der Waals surface area contributed by atoms with E-state index < -0.39 is 0 Å². The molecule has 0 saturated carbocycles. The normalized spacial score (nSPS) is 9.59. The molecule has 0 atom stereocenters. The molecular weight excluding hydrogens is 210 g/mol. The zero-order chi connectivity index (χ0) is 11.9. The van der Waals surface area contributed by atoms with Gasteiger partial charge in [0, 0.05) is 0 Å². The first-order chi connectivity index (χ1) is 8.40. The van der Waals surface area contributed by atoms with Gasteiger partial charge in [0.15, 0.2) is 0 Å². The second-order valence-corrected chi connectivity index (χ2v) is 3.65. The summed E-state index contributed by atoms with van der Waals surface area (Å²) in [5.74, 6) is 0.805. The van der Waals surface area contributed by atoms with E-state index in [1.165, 1.54) is 11.1 Å². The van der Waals surface area contributed by atoms with Crippen LogP contribution in [0.25, 0.3) is 11.1 Å². The maximum Gasteiger partial charge on any atom is 0.119 e. The molecular formula is C15H13NO. The second-order valence-electron chi connectivity index (χ2n) is 3.65. The van der Waals surface area contributed by atoms with Crippen LogP contribution in [0.5, 0.6) is 5.75 Å². The van der Waals surface area contributed by atoms with E-state index in [4.69, 9.17) is 10.00 Å². The number of ether oxygens (including phenoxy) is 1. The fourth-order valence-electron chi connectivity index (χ4n) is 1.59. The zero-order valence-electron chi connectivity index (χ0n) is 9.47. The Balaban J connectivity index is 2.06. The van der Waals surface area contributed by atoms with Crippen molar-refractivity contribution in [3.05, 3.63) is 54.6 Å². The van der Waals surface area contributed by atoms with Crippen LogP contribution in [0.15, 0.2) is 54.6 Å².